The van der Waals surface area contributed by atoms with Crippen molar-refractivity contribution >= 4 is 6.08 Å². The van der Waals surface area contributed by atoms with E-state index in [4.69, 9.17) is 0 Å². The molecule has 1 aromatic rings. The molecule has 0 amide bonds. The Morgan fingerprint density at radius 1 is 1.00 bits per heavy atom. The molecule has 0 radical (unpaired) electrons. The molecule has 1 aliphatic carbocycles. The molecule has 1 saturated carbocycles. The van der Waals surface area contributed by atoms with Crippen LogP contribution in [0.5, 0.6) is 0 Å². The maximum Gasteiger partial charge on any atom is 0.0496 e. The van der Waals surface area contributed by atoms with E-state index in [1.165, 1.54) is 100 Å². The summed E-state index contributed by atoms with van der Waals surface area (Å²) in [5.41, 5.74) is 6.22. The predicted molar refractivity (Wildman–Crippen MR) is 160 cm³/mol. The number of rotatable bonds is 14. The molecule has 1 heterocycles. The normalized spacial score (nSPS) is 18.5. The Morgan fingerprint density at radius 2 is 1.72 bits per heavy atom. The summed E-state index contributed by atoms with van der Waals surface area (Å²) in [5, 5.41) is 7.06. The summed E-state index contributed by atoms with van der Waals surface area (Å²) >= 11 is 0. The van der Waals surface area contributed by atoms with Crippen molar-refractivity contribution < 1.29 is 0 Å². The first-order valence-corrected chi connectivity index (χ1v) is 14.9. The lowest BCUT2D eigenvalue weighted by atomic mass is 9.89. The third kappa shape index (κ3) is 10.6. The molecule has 1 atom stereocenters. The Hall–Kier alpha value is -1.84. The molecule has 0 aromatic heterocycles. The number of unbranched alkanes of at least 4 members (excludes halogenated alkanes) is 4. The van der Waals surface area contributed by atoms with Gasteiger partial charge in [-0.15, -0.1) is 0 Å². The van der Waals surface area contributed by atoms with E-state index in [0.717, 1.165) is 36.7 Å². The van der Waals surface area contributed by atoms with Gasteiger partial charge >= 0.3 is 0 Å². The number of allylic oxidation sites excluding steroid dienone is 1. The van der Waals surface area contributed by atoms with Crippen molar-refractivity contribution in [3.8, 4) is 0 Å². The number of nitrogens with zero attached hydrogens (tertiary/aromatic N) is 1. The molecule has 1 saturated heterocycles. The highest BCUT2D eigenvalue weighted by atomic mass is 15.2. The van der Waals surface area contributed by atoms with E-state index >= 15 is 0 Å². The van der Waals surface area contributed by atoms with E-state index in [1.807, 2.05) is 19.9 Å². The Morgan fingerprint density at radius 3 is 2.44 bits per heavy atom. The highest BCUT2D eigenvalue weighted by Crippen LogP contribution is 2.25. The van der Waals surface area contributed by atoms with Crippen LogP contribution < -0.4 is 10.6 Å². The van der Waals surface area contributed by atoms with Gasteiger partial charge in [0.25, 0.3) is 0 Å². The second kappa shape index (κ2) is 17.6. The van der Waals surface area contributed by atoms with E-state index in [1.54, 1.807) is 0 Å². The first-order chi connectivity index (χ1) is 17.6. The maximum atomic E-state index is 4.23. The molecule has 1 aliphatic heterocycles. The lowest BCUT2D eigenvalue weighted by Gasteiger charge is -2.35. The van der Waals surface area contributed by atoms with E-state index < -0.39 is 0 Å². The molecular formula is C33H55N3. The van der Waals surface area contributed by atoms with Gasteiger partial charge in [-0.1, -0.05) is 96.4 Å². The van der Waals surface area contributed by atoms with Gasteiger partial charge in [0.15, 0.2) is 0 Å². The van der Waals surface area contributed by atoms with Crippen LogP contribution in [0.25, 0.3) is 6.08 Å². The SMILES string of the molecule is C=Cc1ccc(CCCCCCCNCC2CCCCC2)cc1CN(C)C1CCC(=C)NC1=C.CC. The van der Waals surface area contributed by atoms with Crippen molar-refractivity contribution in [2.45, 2.75) is 110 Å². The molecule has 3 heteroatoms. The average Bonchev–Trinajstić information content (AvgIpc) is 2.89. The Bertz CT molecular complexity index is 790. The van der Waals surface area contributed by atoms with E-state index in [9.17, 15) is 0 Å². The van der Waals surface area contributed by atoms with Gasteiger partial charge in [0.1, 0.15) is 0 Å². The van der Waals surface area contributed by atoms with Crippen molar-refractivity contribution in [3.63, 3.8) is 0 Å². The fourth-order valence-corrected chi connectivity index (χ4v) is 5.68. The summed E-state index contributed by atoms with van der Waals surface area (Å²) in [7, 11) is 2.20. The molecule has 202 valence electrons. The summed E-state index contributed by atoms with van der Waals surface area (Å²) < 4.78 is 0. The van der Waals surface area contributed by atoms with Gasteiger partial charge in [0, 0.05) is 24.0 Å². The van der Waals surface area contributed by atoms with E-state index in [-0.39, 0.29) is 0 Å². The molecule has 3 nitrogen and oxygen atoms in total. The van der Waals surface area contributed by atoms with Crippen molar-refractivity contribution in [2.24, 2.45) is 5.92 Å². The van der Waals surface area contributed by atoms with Gasteiger partial charge in [-0.3, -0.25) is 4.90 Å². The lowest BCUT2D eigenvalue weighted by Crippen LogP contribution is -2.40. The van der Waals surface area contributed by atoms with Gasteiger partial charge in [-0.25, -0.2) is 0 Å². The molecule has 1 unspecified atom stereocenters. The zero-order valence-electron chi connectivity index (χ0n) is 23.8. The number of piperidine rings is 1. The molecule has 3 rings (SSSR count). The summed E-state index contributed by atoms with van der Waals surface area (Å²) in [6.07, 6.45) is 19.2. The molecule has 36 heavy (non-hydrogen) atoms. The number of aryl methyl sites for hydroxylation is 1. The van der Waals surface area contributed by atoms with Crippen LogP contribution >= 0.6 is 0 Å². The summed E-state index contributed by atoms with van der Waals surface area (Å²) in [4.78, 5) is 2.41. The van der Waals surface area contributed by atoms with E-state index in [0.29, 0.717) is 6.04 Å². The van der Waals surface area contributed by atoms with Crippen LogP contribution in [0.4, 0.5) is 0 Å². The summed E-state index contributed by atoms with van der Waals surface area (Å²) in [6.45, 7) is 19.7. The fraction of sp³-hybridized carbons (Fsp3) is 0.636. The summed E-state index contributed by atoms with van der Waals surface area (Å²) in [6, 6.07) is 7.30. The quantitative estimate of drug-likeness (QED) is 0.256. The van der Waals surface area contributed by atoms with Gasteiger partial charge in [0.2, 0.25) is 0 Å². The van der Waals surface area contributed by atoms with E-state index in [2.05, 4.69) is 60.5 Å². The minimum absolute atomic E-state index is 0.351. The largest absolute Gasteiger partial charge is 0.362 e. The predicted octanol–water partition coefficient (Wildman–Crippen LogP) is 8.23. The molecular weight excluding hydrogens is 438 g/mol. The van der Waals surface area contributed by atoms with Gasteiger partial charge in [-0.2, -0.15) is 0 Å². The minimum atomic E-state index is 0.351. The van der Waals surface area contributed by atoms with Crippen LogP contribution in [0.2, 0.25) is 0 Å². The zero-order valence-corrected chi connectivity index (χ0v) is 23.8. The Balaban J connectivity index is 0.00000222. The third-order valence-electron chi connectivity index (χ3n) is 7.81. The Labute approximate surface area is 223 Å². The minimum Gasteiger partial charge on any atom is -0.362 e. The molecule has 2 N–H and O–H groups in total. The lowest BCUT2D eigenvalue weighted by molar-refractivity contribution is 0.235. The van der Waals surface area contributed by atoms with Crippen molar-refractivity contribution in [2.75, 3.05) is 20.1 Å². The third-order valence-corrected chi connectivity index (χ3v) is 7.81. The topological polar surface area (TPSA) is 27.3 Å². The highest BCUT2D eigenvalue weighted by molar-refractivity contribution is 5.53. The van der Waals surface area contributed by atoms with Crippen LogP contribution in [-0.2, 0) is 13.0 Å². The molecule has 0 bridgehead atoms. The number of nitrogens with one attached hydrogen (secondary N) is 2. The molecule has 0 spiro atoms. The smallest absolute Gasteiger partial charge is 0.0496 e. The second-order valence-corrected chi connectivity index (χ2v) is 10.7. The summed E-state index contributed by atoms with van der Waals surface area (Å²) in [5.74, 6) is 0.948. The number of hydrogen-bond donors (Lipinski definition) is 2. The van der Waals surface area contributed by atoms with Crippen LogP contribution in [-0.4, -0.2) is 31.1 Å². The van der Waals surface area contributed by atoms with Crippen LogP contribution in [0.15, 0.2) is 49.3 Å². The van der Waals surface area contributed by atoms with Crippen LogP contribution in [0, 0.1) is 5.92 Å². The number of hydrogen-bond acceptors (Lipinski definition) is 3. The molecule has 1 aromatic carbocycles. The van der Waals surface area contributed by atoms with Crippen molar-refractivity contribution in [1.82, 2.24) is 15.5 Å². The molecule has 2 fully saturated rings. The van der Waals surface area contributed by atoms with Gasteiger partial charge in [0.05, 0.1) is 0 Å². The number of likely N-dealkylation sites (N-methyl/N-ethyl adjacent to an activating group) is 1. The van der Waals surface area contributed by atoms with Crippen molar-refractivity contribution in [3.05, 3.63) is 66.0 Å². The van der Waals surface area contributed by atoms with Gasteiger partial charge in [-0.05, 0) is 87.7 Å². The van der Waals surface area contributed by atoms with Crippen LogP contribution in [0.1, 0.15) is 108 Å². The van der Waals surface area contributed by atoms with Crippen LogP contribution in [0.3, 0.4) is 0 Å². The Kier molecular flexibility index (Phi) is 14.8. The standard InChI is InChI=1S/C31H49N3.C2H6/c1-5-29-19-18-27(22-30(29)24-34(4)31-20-17-25(2)33-26(31)3)14-10-7-6-8-13-21-32-23-28-15-11-9-12-16-28;1-2/h5,18-19,22,28,31-33H,1-3,6-17,20-21,23-24H2,4H3;1-2H3. The zero-order chi connectivity index (χ0) is 26.2. The maximum absolute atomic E-state index is 4.23. The van der Waals surface area contributed by atoms with Crippen molar-refractivity contribution in [1.29, 1.82) is 0 Å². The average molecular weight is 494 g/mol. The second-order valence-electron chi connectivity index (χ2n) is 10.7. The monoisotopic (exact) mass is 493 g/mol. The first-order valence-electron chi connectivity index (χ1n) is 14.9. The highest BCUT2D eigenvalue weighted by Gasteiger charge is 2.23. The molecule has 2 aliphatic rings. The number of benzene rings is 1. The fourth-order valence-electron chi connectivity index (χ4n) is 5.68. The first kappa shape index (κ1) is 30.4. The van der Waals surface area contributed by atoms with Gasteiger partial charge < -0.3 is 10.6 Å².